The van der Waals surface area contributed by atoms with Crippen LogP contribution < -0.4 is 0 Å². The molecular formula is C35H58O9. The molecule has 0 aromatic carbocycles. The second-order valence-corrected chi connectivity index (χ2v) is 16.2. The molecule has 1 saturated heterocycles. The van der Waals surface area contributed by atoms with Gasteiger partial charge in [-0.2, -0.15) is 0 Å². The fraction of sp³-hybridized carbons (Fsp3) is 0.857. The van der Waals surface area contributed by atoms with E-state index in [4.69, 9.17) is 9.47 Å². The Morgan fingerprint density at radius 1 is 1.05 bits per heavy atom. The van der Waals surface area contributed by atoms with Crippen LogP contribution in [0.5, 0.6) is 0 Å². The van der Waals surface area contributed by atoms with Crippen LogP contribution in [0.15, 0.2) is 24.3 Å². The smallest absolute Gasteiger partial charge is 0.303 e. The van der Waals surface area contributed by atoms with Gasteiger partial charge in [-0.15, -0.1) is 0 Å². The minimum absolute atomic E-state index is 0.0535. The lowest BCUT2D eigenvalue weighted by Gasteiger charge is -2.68. The van der Waals surface area contributed by atoms with Gasteiger partial charge in [0.1, 0.15) is 18.3 Å². The zero-order valence-electron chi connectivity index (χ0n) is 27.8. The molecule has 252 valence electrons. The molecule has 13 atom stereocenters. The second-order valence-electron chi connectivity index (χ2n) is 16.2. The summed E-state index contributed by atoms with van der Waals surface area (Å²) in [6.45, 7) is 18.3. The zero-order valence-corrected chi connectivity index (χ0v) is 27.8. The highest BCUT2D eigenvalue weighted by atomic mass is 16.7. The molecule has 9 nitrogen and oxygen atoms in total. The zero-order chi connectivity index (χ0) is 33.0. The Kier molecular flexibility index (Phi) is 9.98. The Hall–Kier alpha value is -1.33. The summed E-state index contributed by atoms with van der Waals surface area (Å²) in [4.78, 5) is 11.9. The molecule has 1 aliphatic heterocycles. The van der Waals surface area contributed by atoms with Gasteiger partial charge in [0.15, 0.2) is 6.29 Å². The topological polar surface area (TPSA) is 157 Å². The second kappa shape index (κ2) is 12.4. The van der Waals surface area contributed by atoms with Crippen LogP contribution in [0.4, 0.5) is 0 Å². The van der Waals surface area contributed by atoms with Crippen molar-refractivity contribution >= 4 is 5.97 Å². The number of aliphatic carboxylic acids is 1. The van der Waals surface area contributed by atoms with E-state index >= 15 is 0 Å². The summed E-state index contributed by atoms with van der Waals surface area (Å²) in [5.41, 5.74) is -1.91. The molecule has 4 fully saturated rings. The first-order valence-corrected chi connectivity index (χ1v) is 16.5. The predicted octanol–water partition coefficient (Wildman–Crippen LogP) is 4.19. The van der Waals surface area contributed by atoms with E-state index in [1.54, 1.807) is 19.9 Å². The lowest BCUT2D eigenvalue weighted by Crippen LogP contribution is -2.65. The first-order chi connectivity index (χ1) is 20.2. The molecular weight excluding hydrogens is 564 g/mol. The highest BCUT2D eigenvalue weighted by Gasteiger charge is 2.70. The van der Waals surface area contributed by atoms with Gasteiger partial charge in [0.2, 0.25) is 0 Å². The summed E-state index contributed by atoms with van der Waals surface area (Å²) in [7, 11) is 0. The monoisotopic (exact) mass is 622 g/mol. The molecule has 0 aromatic rings. The van der Waals surface area contributed by atoms with E-state index in [1.165, 1.54) is 0 Å². The number of hydrogen-bond donors (Lipinski definition) is 6. The quantitative estimate of drug-likeness (QED) is 0.155. The number of hydrogen-bond acceptors (Lipinski definition) is 8. The van der Waals surface area contributed by atoms with E-state index in [-0.39, 0.29) is 52.9 Å². The van der Waals surface area contributed by atoms with Crippen LogP contribution in [0, 0.1) is 39.9 Å². The first-order valence-electron chi connectivity index (χ1n) is 16.5. The number of aliphatic hydroxyl groups excluding tert-OH is 3. The maximum absolute atomic E-state index is 12.0. The predicted molar refractivity (Wildman–Crippen MR) is 166 cm³/mol. The number of ether oxygens (including phenoxy) is 2. The van der Waals surface area contributed by atoms with Gasteiger partial charge in [-0.3, -0.25) is 4.79 Å². The fourth-order valence-corrected chi connectivity index (χ4v) is 10.3. The number of rotatable bonds is 10. The van der Waals surface area contributed by atoms with Crippen LogP contribution in [-0.4, -0.2) is 85.1 Å². The average molecular weight is 623 g/mol. The molecule has 0 bridgehead atoms. The number of carbonyl (C=O) groups is 1. The minimum atomic E-state index is -1.44. The third-order valence-corrected chi connectivity index (χ3v) is 12.7. The maximum atomic E-state index is 12.0. The highest BCUT2D eigenvalue weighted by molar-refractivity contribution is 5.66. The Morgan fingerprint density at radius 3 is 2.27 bits per heavy atom. The molecule has 3 aliphatic carbocycles. The number of fused-ring (bicyclic) bond motifs is 3. The third kappa shape index (κ3) is 6.32. The molecule has 3 saturated carbocycles. The normalized spacial score (nSPS) is 45.9. The van der Waals surface area contributed by atoms with Crippen LogP contribution in [0.3, 0.4) is 0 Å². The van der Waals surface area contributed by atoms with E-state index < -0.39 is 47.9 Å². The SMILES string of the molecule is C=C(C)C1CCC2(C)C(CC(OC3OCC(O)C(O)C3O)C3C(C(C)(O)C/C=C/C(C)(C)O)CCC32C)C1(C)CCC(=O)O. The highest BCUT2D eigenvalue weighted by Crippen LogP contribution is 2.74. The molecule has 13 unspecified atom stereocenters. The minimum Gasteiger partial charge on any atom is -0.481 e. The van der Waals surface area contributed by atoms with Crippen molar-refractivity contribution in [1.29, 1.82) is 0 Å². The maximum Gasteiger partial charge on any atom is 0.303 e. The van der Waals surface area contributed by atoms with Crippen molar-refractivity contribution in [3.05, 3.63) is 24.3 Å². The van der Waals surface area contributed by atoms with Crippen LogP contribution in [0.2, 0.25) is 0 Å². The summed E-state index contributed by atoms with van der Waals surface area (Å²) >= 11 is 0. The molecule has 0 radical (unpaired) electrons. The van der Waals surface area contributed by atoms with Crippen molar-refractivity contribution in [2.75, 3.05) is 6.61 Å². The van der Waals surface area contributed by atoms with Gasteiger partial charge in [0.05, 0.1) is 23.9 Å². The summed E-state index contributed by atoms with van der Waals surface area (Å²) in [5, 5.41) is 63.5. The van der Waals surface area contributed by atoms with Crippen LogP contribution in [-0.2, 0) is 14.3 Å². The summed E-state index contributed by atoms with van der Waals surface area (Å²) in [6.07, 6.45) is 2.80. The Balaban J connectivity index is 1.79. The number of carboxylic acid groups (broad SMARTS) is 1. The van der Waals surface area contributed by atoms with Crippen molar-refractivity contribution in [3.63, 3.8) is 0 Å². The molecule has 4 rings (SSSR count). The third-order valence-electron chi connectivity index (χ3n) is 12.7. The van der Waals surface area contributed by atoms with Crippen LogP contribution >= 0.6 is 0 Å². The largest absolute Gasteiger partial charge is 0.481 e. The number of aliphatic hydroxyl groups is 5. The number of allylic oxidation sites excluding steroid dienone is 1. The molecule has 44 heavy (non-hydrogen) atoms. The molecule has 0 aromatic heterocycles. The van der Waals surface area contributed by atoms with Gasteiger partial charge in [0, 0.05) is 6.42 Å². The fourth-order valence-electron chi connectivity index (χ4n) is 10.3. The average Bonchev–Trinajstić information content (AvgIpc) is 3.28. The number of carboxylic acids is 1. The Bertz CT molecular complexity index is 1100. The van der Waals surface area contributed by atoms with E-state index in [0.29, 0.717) is 19.3 Å². The molecule has 4 aliphatic rings. The summed E-state index contributed by atoms with van der Waals surface area (Å²) < 4.78 is 12.4. The van der Waals surface area contributed by atoms with Gasteiger partial charge in [-0.05, 0) is 113 Å². The lowest BCUT2D eigenvalue weighted by atomic mass is 9.37. The lowest BCUT2D eigenvalue weighted by molar-refractivity contribution is -0.312. The van der Waals surface area contributed by atoms with Crippen molar-refractivity contribution < 1.29 is 44.9 Å². The van der Waals surface area contributed by atoms with Gasteiger partial charge in [-0.1, -0.05) is 45.1 Å². The van der Waals surface area contributed by atoms with Crippen molar-refractivity contribution in [3.8, 4) is 0 Å². The van der Waals surface area contributed by atoms with E-state index in [2.05, 4.69) is 27.4 Å². The van der Waals surface area contributed by atoms with Gasteiger partial charge in [0.25, 0.3) is 0 Å². The molecule has 9 heteroatoms. The Morgan fingerprint density at radius 2 is 1.68 bits per heavy atom. The molecule has 0 amide bonds. The van der Waals surface area contributed by atoms with Gasteiger partial charge in [-0.25, -0.2) is 0 Å². The van der Waals surface area contributed by atoms with Crippen molar-refractivity contribution in [1.82, 2.24) is 0 Å². The first kappa shape index (κ1) is 35.5. The van der Waals surface area contributed by atoms with E-state index in [9.17, 15) is 35.4 Å². The molecule has 0 spiro atoms. The Labute approximate surface area is 263 Å². The standard InChI is InChI=1S/C35H58O9/c1-20(2)21-10-16-33(6)25(32(21,5)15-12-26(37)38)18-24(44-30-29(40)28(39)23(36)19-43-30)27-22(11-17-34(27,33)7)35(8,42)14-9-13-31(3,4)41/h9,13,21-25,27-30,36,39-42H,1,10-12,14-19H2,2-8H3,(H,37,38)/b13-9+. The molecule has 6 N–H and O–H groups in total. The van der Waals surface area contributed by atoms with Gasteiger partial charge < -0.3 is 40.1 Å². The van der Waals surface area contributed by atoms with Crippen LogP contribution in [0.25, 0.3) is 0 Å². The van der Waals surface area contributed by atoms with Gasteiger partial charge >= 0.3 is 5.97 Å². The van der Waals surface area contributed by atoms with Crippen molar-refractivity contribution in [2.24, 2.45) is 39.9 Å². The van der Waals surface area contributed by atoms with Crippen molar-refractivity contribution in [2.45, 2.75) is 142 Å². The van der Waals surface area contributed by atoms with E-state index in [1.807, 2.05) is 19.9 Å². The summed E-state index contributed by atoms with van der Waals surface area (Å²) in [6, 6.07) is 0. The van der Waals surface area contributed by atoms with E-state index in [0.717, 1.165) is 31.3 Å². The van der Waals surface area contributed by atoms with Crippen LogP contribution in [0.1, 0.15) is 99.8 Å². The summed E-state index contributed by atoms with van der Waals surface area (Å²) in [5.74, 6) is -0.914. The molecule has 1 heterocycles.